The number of carboxylic acids is 1. The maximum Gasteiger partial charge on any atom is 0.347 e. The Labute approximate surface area is 119 Å². The predicted molar refractivity (Wildman–Crippen MR) is 80.4 cm³/mol. The Bertz CT molecular complexity index is 427. The van der Waals surface area contributed by atoms with E-state index in [0.29, 0.717) is 16.8 Å². The normalized spacial score (nSPS) is 11.3. The molecule has 19 heavy (non-hydrogen) atoms. The van der Waals surface area contributed by atoms with Crippen LogP contribution in [0.5, 0.6) is 0 Å². The number of anilines is 1. The third-order valence-corrected chi connectivity index (χ3v) is 3.92. The van der Waals surface area contributed by atoms with Crippen LogP contribution in [0.4, 0.5) is 5.13 Å². The van der Waals surface area contributed by atoms with Gasteiger partial charge in [-0.3, -0.25) is 0 Å². The number of nitrogens with zero attached hydrogens (tertiary/aromatic N) is 2. The van der Waals surface area contributed by atoms with Gasteiger partial charge in [-0.15, -0.1) is 0 Å². The zero-order valence-electron chi connectivity index (χ0n) is 12.4. The zero-order valence-corrected chi connectivity index (χ0v) is 13.3. The van der Waals surface area contributed by atoms with Gasteiger partial charge in [-0.1, -0.05) is 38.5 Å². The Morgan fingerprint density at radius 3 is 2.42 bits per heavy atom. The van der Waals surface area contributed by atoms with Crippen molar-refractivity contribution in [2.45, 2.75) is 53.5 Å². The molecule has 0 spiro atoms. The summed E-state index contributed by atoms with van der Waals surface area (Å²) in [7, 11) is 0. The van der Waals surface area contributed by atoms with Crippen molar-refractivity contribution in [2.24, 2.45) is 5.92 Å². The lowest BCUT2D eigenvalue weighted by molar-refractivity contribution is 0.0700. The first-order valence-electron chi connectivity index (χ1n) is 6.86. The maximum absolute atomic E-state index is 11.3. The summed E-state index contributed by atoms with van der Waals surface area (Å²) in [6, 6.07) is 0.324. The van der Waals surface area contributed by atoms with E-state index < -0.39 is 5.97 Å². The van der Waals surface area contributed by atoms with Gasteiger partial charge in [0.25, 0.3) is 0 Å². The fourth-order valence-corrected chi connectivity index (χ4v) is 3.03. The minimum Gasteiger partial charge on any atom is -0.477 e. The summed E-state index contributed by atoms with van der Waals surface area (Å²) in [5, 5.41) is 10.1. The van der Waals surface area contributed by atoms with Gasteiger partial charge in [0.15, 0.2) is 5.13 Å². The molecule has 0 unspecified atom stereocenters. The van der Waals surface area contributed by atoms with Crippen molar-refractivity contribution >= 4 is 22.4 Å². The van der Waals surface area contributed by atoms with Gasteiger partial charge in [-0.25, -0.2) is 9.78 Å². The molecule has 0 atom stereocenters. The second-order valence-corrected chi connectivity index (χ2v) is 6.44. The molecule has 0 radical (unpaired) electrons. The molecule has 0 saturated carbocycles. The molecule has 1 heterocycles. The van der Waals surface area contributed by atoms with Gasteiger partial charge in [0.1, 0.15) is 4.88 Å². The number of aromatic carboxylic acids is 1. The molecule has 0 aliphatic rings. The van der Waals surface area contributed by atoms with Gasteiger partial charge in [0.05, 0.1) is 5.69 Å². The van der Waals surface area contributed by atoms with Gasteiger partial charge in [-0.05, 0) is 26.2 Å². The van der Waals surface area contributed by atoms with Crippen LogP contribution < -0.4 is 4.90 Å². The van der Waals surface area contributed by atoms with E-state index in [9.17, 15) is 9.90 Å². The van der Waals surface area contributed by atoms with Crippen LogP contribution >= 0.6 is 11.3 Å². The highest BCUT2D eigenvalue weighted by Gasteiger charge is 2.22. The summed E-state index contributed by atoms with van der Waals surface area (Å²) in [6.07, 6.45) is 1.64. The van der Waals surface area contributed by atoms with Crippen LogP contribution in [0.2, 0.25) is 0 Å². The standard InChI is InChI=1S/C14H24N2O2S/c1-6-7-11-12(13(17)18)19-14(15-11)16(10(4)5)8-9(2)3/h9-10H,6-8H2,1-5H3,(H,17,18). The third kappa shape index (κ3) is 4.20. The molecule has 1 N–H and O–H groups in total. The minimum atomic E-state index is -0.861. The van der Waals surface area contributed by atoms with Crippen LogP contribution in [-0.4, -0.2) is 28.6 Å². The molecule has 0 saturated heterocycles. The first kappa shape index (κ1) is 16.0. The molecule has 108 valence electrons. The maximum atomic E-state index is 11.3. The van der Waals surface area contributed by atoms with Gasteiger partial charge < -0.3 is 10.0 Å². The number of thiazole rings is 1. The van der Waals surface area contributed by atoms with Crippen LogP contribution in [0, 0.1) is 5.92 Å². The zero-order chi connectivity index (χ0) is 14.6. The topological polar surface area (TPSA) is 53.4 Å². The summed E-state index contributed by atoms with van der Waals surface area (Å²) in [5.74, 6) is -0.338. The smallest absolute Gasteiger partial charge is 0.347 e. The Morgan fingerprint density at radius 1 is 1.37 bits per heavy atom. The Kier molecular flexibility index (Phi) is 5.79. The molecule has 0 bridgehead atoms. The fourth-order valence-electron chi connectivity index (χ4n) is 1.94. The number of carboxylic acid groups (broad SMARTS) is 1. The van der Waals surface area contributed by atoms with Crippen molar-refractivity contribution in [1.29, 1.82) is 0 Å². The first-order valence-corrected chi connectivity index (χ1v) is 7.68. The molecular weight excluding hydrogens is 260 g/mol. The van der Waals surface area contributed by atoms with E-state index in [1.165, 1.54) is 11.3 Å². The van der Waals surface area contributed by atoms with Crippen molar-refractivity contribution in [2.75, 3.05) is 11.4 Å². The number of hydrogen-bond donors (Lipinski definition) is 1. The van der Waals surface area contributed by atoms with Crippen LogP contribution in [0.25, 0.3) is 0 Å². The van der Waals surface area contributed by atoms with Gasteiger partial charge >= 0.3 is 5.97 Å². The highest BCUT2D eigenvalue weighted by atomic mass is 32.1. The molecule has 5 heteroatoms. The van der Waals surface area contributed by atoms with E-state index in [2.05, 4.69) is 37.6 Å². The van der Waals surface area contributed by atoms with Crippen LogP contribution in [0.3, 0.4) is 0 Å². The average molecular weight is 284 g/mol. The molecule has 4 nitrogen and oxygen atoms in total. The predicted octanol–water partition coefficient (Wildman–Crippen LogP) is 3.66. The molecule has 1 aromatic rings. The molecule has 0 aliphatic heterocycles. The van der Waals surface area contributed by atoms with Crippen molar-refractivity contribution in [3.05, 3.63) is 10.6 Å². The van der Waals surface area contributed by atoms with E-state index in [4.69, 9.17) is 0 Å². The first-order chi connectivity index (χ1) is 8.86. The van der Waals surface area contributed by atoms with Crippen molar-refractivity contribution in [3.8, 4) is 0 Å². The number of aromatic nitrogens is 1. The average Bonchev–Trinajstić information content (AvgIpc) is 2.69. The van der Waals surface area contributed by atoms with Crippen LogP contribution in [0.1, 0.15) is 56.4 Å². The van der Waals surface area contributed by atoms with E-state index in [-0.39, 0.29) is 0 Å². The minimum absolute atomic E-state index is 0.324. The Hall–Kier alpha value is -1.10. The molecule has 0 aromatic carbocycles. The molecular formula is C14H24N2O2S. The summed E-state index contributed by atoms with van der Waals surface area (Å²) in [5.41, 5.74) is 0.726. The largest absolute Gasteiger partial charge is 0.477 e. The van der Waals surface area contributed by atoms with Gasteiger partial charge in [-0.2, -0.15) is 0 Å². The number of aryl methyl sites for hydroxylation is 1. The van der Waals surface area contributed by atoms with E-state index in [0.717, 1.165) is 30.2 Å². The summed E-state index contributed by atoms with van der Waals surface area (Å²) in [6.45, 7) is 11.5. The molecule has 0 amide bonds. The molecule has 0 fully saturated rings. The Balaban J connectivity index is 3.10. The van der Waals surface area contributed by atoms with Crippen molar-refractivity contribution in [1.82, 2.24) is 4.98 Å². The number of hydrogen-bond acceptors (Lipinski definition) is 4. The quantitative estimate of drug-likeness (QED) is 0.830. The lowest BCUT2D eigenvalue weighted by Crippen LogP contribution is -2.34. The summed E-state index contributed by atoms with van der Waals surface area (Å²) in [4.78, 5) is 18.4. The van der Waals surface area contributed by atoms with E-state index in [1.54, 1.807) is 0 Å². The summed E-state index contributed by atoms with van der Waals surface area (Å²) >= 11 is 1.30. The molecule has 1 rings (SSSR count). The lowest BCUT2D eigenvalue weighted by Gasteiger charge is -2.27. The van der Waals surface area contributed by atoms with Crippen LogP contribution in [-0.2, 0) is 6.42 Å². The third-order valence-electron chi connectivity index (χ3n) is 2.80. The van der Waals surface area contributed by atoms with Crippen molar-refractivity contribution < 1.29 is 9.90 Å². The van der Waals surface area contributed by atoms with E-state index >= 15 is 0 Å². The number of rotatable bonds is 7. The van der Waals surface area contributed by atoms with Gasteiger partial charge in [0, 0.05) is 12.6 Å². The van der Waals surface area contributed by atoms with Crippen molar-refractivity contribution in [3.63, 3.8) is 0 Å². The van der Waals surface area contributed by atoms with Crippen LogP contribution in [0.15, 0.2) is 0 Å². The van der Waals surface area contributed by atoms with Gasteiger partial charge in [0.2, 0.25) is 0 Å². The number of carbonyl (C=O) groups is 1. The second-order valence-electron chi connectivity index (χ2n) is 5.47. The SMILES string of the molecule is CCCc1nc(N(CC(C)C)C(C)C)sc1C(=O)O. The highest BCUT2D eigenvalue weighted by Crippen LogP contribution is 2.29. The van der Waals surface area contributed by atoms with E-state index in [1.807, 2.05) is 6.92 Å². The second kappa shape index (κ2) is 6.89. The lowest BCUT2D eigenvalue weighted by atomic mass is 10.2. The monoisotopic (exact) mass is 284 g/mol. The molecule has 1 aromatic heterocycles. The molecule has 0 aliphatic carbocycles. The summed E-state index contributed by atoms with van der Waals surface area (Å²) < 4.78 is 0. The fraction of sp³-hybridized carbons (Fsp3) is 0.714. The highest BCUT2D eigenvalue weighted by molar-refractivity contribution is 7.17. The Morgan fingerprint density at radius 2 is 2.00 bits per heavy atom.